The molecule has 3 rings (SSSR count). The van der Waals surface area contributed by atoms with Gasteiger partial charge in [-0.1, -0.05) is 12.1 Å². The van der Waals surface area contributed by atoms with Crippen LogP contribution in [0.25, 0.3) is 0 Å². The maximum atomic E-state index is 9.55. The molecular weight excluding hydrogens is 441 g/mol. The molecule has 26 heavy (non-hydrogen) atoms. The monoisotopic (exact) mass is 469 g/mol. The molecule has 1 atom stereocenters. The molecule has 0 aliphatic heterocycles. The number of hydrogen-bond donors (Lipinski definition) is 3. The van der Waals surface area contributed by atoms with Crippen molar-refractivity contribution >= 4 is 29.9 Å². The zero-order valence-electron chi connectivity index (χ0n) is 15.6. The number of hydrogen-bond acceptors (Lipinski definition) is 3. The van der Waals surface area contributed by atoms with Crippen molar-refractivity contribution in [2.75, 3.05) is 7.05 Å². The summed E-state index contributed by atoms with van der Waals surface area (Å²) in [7, 11) is 1.78. The number of rotatable bonds is 4. The Morgan fingerprint density at radius 3 is 2.92 bits per heavy atom. The predicted molar refractivity (Wildman–Crippen MR) is 115 cm³/mol. The summed E-state index contributed by atoms with van der Waals surface area (Å²) in [5, 5.41) is 21.1. The van der Waals surface area contributed by atoms with Crippen molar-refractivity contribution in [3.63, 3.8) is 0 Å². The van der Waals surface area contributed by atoms with Crippen LogP contribution in [0.15, 0.2) is 35.5 Å². The van der Waals surface area contributed by atoms with Gasteiger partial charge in [0.25, 0.3) is 0 Å². The van der Waals surface area contributed by atoms with Crippen LogP contribution in [-0.2, 0) is 19.4 Å². The second kappa shape index (κ2) is 9.25. The van der Waals surface area contributed by atoms with E-state index in [-0.39, 0.29) is 29.7 Å². The van der Waals surface area contributed by atoms with E-state index in [2.05, 4.69) is 40.4 Å². The van der Waals surface area contributed by atoms with Crippen molar-refractivity contribution in [1.29, 1.82) is 0 Å². The number of guanidine groups is 1. The Morgan fingerprint density at radius 1 is 1.42 bits per heavy atom. The molecule has 7 heteroatoms. The average molecular weight is 469 g/mol. The Kier molecular flexibility index (Phi) is 7.31. The number of halogens is 1. The summed E-state index contributed by atoms with van der Waals surface area (Å²) in [5.74, 6) is 1.06. The molecule has 6 nitrogen and oxygen atoms in total. The largest absolute Gasteiger partial charge is 0.508 e. The van der Waals surface area contributed by atoms with Crippen molar-refractivity contribution in [3.8, 4) is 5.75 Å². The number of phenols is 1. The van der Waals surface area contributed by atoms with Gasteiger partial charge in [-0.25, -0.2) is 0 Å². The van der Waals surface area contributed by atoms with Gasteiger partial charge >= 0.3 is 0 Å². The molecule has 0 fully saturated rings. The fraction of sp³-hybridized carbons (Fsp3) is 0.474. The third-order valence-corrected chi connectivity index (χ3v) is 4.56. The van der Waals surface area contributed by atoms with Crippen LogP contribution >= 0.6 is 24.0 Å². The summed E-state index contributed by atoms with van der Waals surface area (Å²) in [6, 6.07) is 7.98. The minimum Gasteiger partial charge on any atom is -0.508 e. The lowest BCUT2D eigenvalue weighted by molar-refractivity contribution is 0.474. The van der Waals surface area contributed by atoms with Gasteiger partial charge in [0.15, 0.2) is 5.96 Å². The first-order valence-electron chi connectivity index (χ1n) is 8.87. The number of aryl methyl sites for hydroxylation is 1. The zero-order valence-corrected chi connectivity index (χ0v) is 17.9. The number of nitrogens with one attached hydrogen (secondary N) is 2. The fourth-order valence-electron chi connectivity index (χ4n) is 3.14. The molecule has 3 N–H and O–H groups in total. The molecule has 1 aliphatic carbocycles. The Morgan fingerprint density at radius 2 is 2.23 bits per heavy atom. The first-order valence-corrected chi connectivity index (χ1v) is 8.87. The Hall–Kier alpha value is -1.77. The van der Waals surface area contributed by atoms with Gasteiger partial charge in [-0.05, 0) is 49.9 Å². The van der Waals surface area contributed by atoms with E-state index in [1.807, 2.05) is 12.1 Å². The molecule has 1 aliphatic rings. The first kappa shape index (κ1) is 20.5. The Balaban J connectivity index is 0.00000243. The molecule has 1 heterocycles. The number of aliphatic imine (C=N–C) groups is 1. The molecule has 2 aromatic rings. The van der Waals surface area contributed by atoms with E-state index >= 15 is 0 Å². The summed E-state index contributed by atoms with van der Waals surface area (Å²) in [4.78, 5) is 4.32. The van der Waals surface area contributed by atoms with Crippen LogP contribution in [0.4, 0.5) is 0 Å². The third-order valence-electron chi connectivity index (χ3n) is 4.56. The minimum atomic E-state index is 0. The van der Waals surface area contributed by atoms with Crippen LogP contribution in [0.3, 0.4) is 0 Å². The van der Waals surface area contributed by atoms with E-state index in [1.165, 1.54) is 11.3 Å². The van der Waals surface area contributed by atoms with Crippen LogP contribution in [0.1, 0.15) is 43.1 Å². The number of aromatic hydroxyl groups is 1. The number of nitrogens with zero attached hydrogens (tertiary/aromatic N) is 3. The van der Waals surface area contributed by atoms with Gasteiger partial charge in [0.05, 0.1) is 5.69 Å². The highest BCUT2D eigenvalue weighted by Crippen LogP contribution is 2.21. The van der Waals surface area contributed by atoms with Gasteiger partial charge in [-0.2, -0.15) is 5.10 Å². The van der Waals surface area contributed by atoms with Crippen LogP contribution in [0.2, 0.25) is 0 Å². The van der Waals surface area contributed by atoms with E-state index in [0.717, 1.165) is 30.8 Å². The van der Waals surface area contributed by atoms with Gasteiger partial charge < -0.3 is 15.7 Å². The fourth-order valence-corrected chi connectivity index (χ4v) is 3.14. The molecule has 1 aromatic carbocycles. The van der Waals surface area contributed by atoms with Crippen molar-refractivity contribution in [2.24, 2.45) is 4.99 Å². The van der Waals surface area contributed by atoms with Gasteiger partial charge in [0.2, 0.25) is 0 Å². The van der Waals surface area contributed by atoms with Crippen molar-refractivity contribution < 1.29 is 5.11 Å². The second-order valence-corrected chi connectivity index (χ2v) is 6.85. The summed E-state index contributed by atoms with van der Waals surface area (Å²) < 4.78 is 2.06. The summed E-state index contributed by atoms with van der Waals surface area (Å²) in [5.41, 5.74) is 3.58. The maximum Gasteiger partial charge on any atom is 0.191 e. The molecule has 0 amide bonds. The normalized spacial score (nSPS) is 16.8. The molecular formula is C19H28IN5O. The molecule has 142 valence electrons. The van der Waals surface area contributed by atoms with E-state index in [4.69, 9.17) is 5.10 Å². The molecule has 0 bridgehead atoms. The van der Waals surface area contributed by atoms with Gasteiger partial charge in [0.1, 0.15) is 5.75 Å². The van der Waals surface area contributed by atoms with E-state index in [1.54, 1.807) is 19.2 Å². The highest BCUT2D eigenvalue weighted by molar-refractivity contribution is 14.0. The van der Waals surface area contributed by atoms with Crippen LogP contribution < -0.4 is 10.6 Å². The van der Waals surface area contributed by atoms with E-state index in [9.17, 15) is 5.11 Å². The number of phenolic OH excluding ortho intramolecular Hbond substituents is 1. The standard InChI is InChI=1S/C19H27N5O.HI/c1-13(2)24-12-15-7-8-16(10-18(15)23-24)22-19(20-3)21-11-14-5-4-6-17(25)9-14;/h4-6,9,12-13,16,25H,7-8,10-11H2,1-3H3,(H2,20,21,22);1H. The molecule has 0 spiro atoms. The topological polar surface area (TPSA) is 74.5 Å². The second-order valence-electron chi connectivity index (χ2n) is 6.85. The smallest absolute Gasteiger partial charge is 0.191 e. The number of aromatic nitrogens is 2. The quantitative estimate of drug-likeness (QED) is 0.366. The third kappa shape index (κ3) is 5.12. The average Bonchev–Trinajstić information content (AvgIpc) is 3.02. The van der Waals surface area contributed by atoms with Crippen molar-refractivity contribution in [1.82, 2.24) is 20.4 Å². The molecule has 0 saturated carbocycles. The van der Waals surface area contributed by atoms with Crippen molar-refractivity contribution in [2.45, 2.75) is 51.7 Å². The number of fused-ring (bicyclic) bond motifs is 1. The molecule has 0 saturated heterocycles. The number of benzene rings is 1. The minimum absolute atomic E-state index is 0. The zero-order chi connectivity index (χ0) is 17.8. The lowest BCUT2D eigenvalue weighted by atomic mass is 9.94. The van der Waals surface area contributed by atoms with Crippen molar-refractivity contribution in [3.05, 3.63) is 47.3 Å². The summed E-state index contributed by atoms with van der Waals surface area (Å²) in [6.07, 6.45) is 5.22. The SMILES string of the molecule is CN=C(NCc1cccc(O)c1)NC1CCc2cn(C(C)C)nc2C1.I. The first-order chi connectivity index (χ1) is 12.0. The van der Waals surface area contributed by atoms with Crippen LogP contribution in [-0.4, -0.2) is 33.9 Å². The Bertz CT molecular complexity index is 756. The highest BCUT2D eigenvalue weighted by Gasteiger charge is 2.22. The lowest BCUT2D eigenvalue weighted by Crippen LogP contribution is -2.45. The van der Waals surface area contributed by atoms with Gasteiger partial charge in [-0.3, -0.25) is 9.67 Å². The summed E-state index contributed by atoms with van der Waals surface area (Å²) >= 11 is 0. The molecule has 0 radical (unpaired) electrons. The molecule has 1 unspecified atom stereocenters. The summed E-state index contributed by atoms with van der Waals surface area (Å²) in [6.45, 7) is 4.93. The van der Waals surface area contributed by atoms with Gasteiger partial charge in [-0.15, -0.1) is 24.0 Å². The van der Waals surface area contributed by atoms with E-state index in [0.29, 0.717) is 18.6 Å². The maximum absolute atomic E-state index is 9.55. The van der Waals surface area contributed by atoms with Crippen LogP contribution in [0, 0.1) is 0 Å². The molecule has 1 aromatic heterocycles. The van der Waals surface area contributed by atoms with Gasteiger partial charge in [0, 0.05) is 38.3 Å². The Labute approximate surface area is 172 Å². The lowest BCUT2D eigenvalue weighted by Gasteiger charge is -2.24. The van der Waals surface area contributed by atoms with Crippen LogP contribution in [0.5, 0.6) is 5.75 Å². The highest BCUT2D eigenvalue weighted by atomic mass is 127. The van der Waals surface area contributed by atoms with E-state index < -0.39 is 0 Å². The predicted octanol–water partition coefficient (Wildman–Crippen LogP) is 3.01.